The summed E-state index contributed by atoms with van der Waals surface area (Å²) in [5.74, 6) is 0. The van der Waals surface area contributed by atoms with Crippen LogP contribution >= 0.6 is 0 Å². The quantitative estimate of drug-likeness (QED) is 0.827. The van der Waals surface area contributed by atoms with Crippen LogP contribution in [0.2, 0.25) is 0 Å². The molecule has 0 aliphatic heterocycles. The number of unbranched alkanes of at least 4 members (excludes halogenated alkanes) is 1. The zero-order valence-corrected chi connectivity index (χ0v) is 11.7. The molecule has 0 aliphatic carbocycles. The number of hydrogen-bond donors (Lipinski definition) is 1. The lowest BCUT2D eigenvalue weighted by molar-refractivity contribution is -0.135. The van der Waals surface area contributed by atoms with Crippen molar-refractivity contribution in [3.63, 3.8) is 0 Å². The third kappa shape index (κ3) is 4.77. The molecule has 0 amide bonds. The van der Waals surface area contributed by atoms with Crippen molar-refractivity contribution < 1.29 is 13.2 Å². The molecule has 4 nitrogen and oxygen atoms in total. The molecule has 0 aliphatic rings. The Balaban J connectivity index is 1.86. The number of nitrogens with one attached hydrogen (secondary N) is 1. The number of rotatable bonds is 6. The lowest BCUT2D eigenvalue weighted by atomic mass is 10.2. The Bertz CT molecular complexity index is 563. The van der Waals surface area contributed by atoms with Crippen LogP contribution < -0.4 is 5.32 Å². The SMILES string of the molecule is Cc1nn(-c2cccnc2)cc1NCCCCC(F)(F)F. The van der Waals surface area contributed by atoms with Crippen LogP contribution in [0.3, 0.4) is 0 Å². The van der Waals surface area contributed by atoms with Crippen molar-refractivity contribution in [1.82, 2.24) is 14.8 Å². The summed E-state index contributed by atoms with van der Waals surface area (Å²) in [6.07, 6.45) is 0.988. The first-order valence-electron chi connectivity index (χ1n) is 6.73. The molecular formula is C14H17F3N4. The van der Waals surface area contributed by atoms with Crippen molar-refractivity contribution in [2.24, 2.45) is 0 Å². The summed E-state index contributed by atoms with van der Waals surface area (Å²) in [6, 6.07) is 3.70. The van der Waals surface area contributed by atoms with Gasteiger partial charge in [0.05, 0.1) is 29.5 Å². The van der Waals surface area contributed by atoms with E-state index in [0.717, 1.165) is 17.1 Å². The van der Waals surface area contributed by atoms with Crippen molar-refractivity contribution in [3.05, 3.63) is 36.4 Å². The van der Waals surface area contributed by atoms with Gasteiger partial charge >= 0.3 is 6.18 Å². The summed E-state index contributed by atoms with van der Waals surface area (Å²) in [6.45, 7) is 2.35. The van der Waals surface area contributed by atoms with Gasteiger partial charge in [-0.1, -0.05) is 0 Å². The summed E-state index contributed by atoms with van der Waals surface area (Å²) < 4.78 is 37.8. The molecule has 2 rings (SSSR count). The van der Waals surface area contributed by atoms with Crippen LogP contribution in [0.15, 0.2) is 30.7 Å². The van der Waals surface area contributed by atoms with Crippen LogP contribution in [0, 0.1) is 6.92 Å². The van der Waals surface area contributed by atoms with Gasteiger partial charge in [-0.15, -0.1) is 0 Å². The summed E-state index contributed by atoms with van der Waals surface area (Å²) in [5, 5.41) is 7.47. The highest BCUT2D eigenvalue weighted by atomic mass is 19.4. The van der Waals surface area contributed by atoms with Crippen LogP contribution in [-0.2, 0) is 0 Å². The molecule has 0 saturated carbocycles. The fourth-order valence-electron chi connectivity index (χ4n) is 1.93. The lowest BCUT2D eigenvalue weighted by Crippen LogP contribution is -2.08. The number of aryl methyl sites for hydroxylation is 1. The normalized spacial score (nSPS) is 11.6. The second kappa shape index (κ2) is 6.60. The maximum atomic E-state index is 12.0. The van der Waals surface area contributed by atoms with Crippen LogP contribution in [0.25, 0.3) is 5.69 Å². The van der Waals surface area contributed by atoms with Crippen molar-refractivity contribution in [1.29, 1.82) is 0 Å². The van der Waals surface area contributed by atoms with Gasteiger partial charge in [-0.05, 0) is 31.9 Å². The average molecular weight is 298 g/mol. The Morgan fingerprint density at radius 1 is 1.29 bits per heavy atom. The highest BCUT2D eigenvalue weighted by Crippen LogP contribution is 2.22. The minimum atomic E-state index is -4.07. The molecule has 114 valence electrons. The van der Waals surface area contributed by atoms with E-state index in [0.29, 0.717) is 13.0 Å². The topological polar surface area (TPSA) is 42.7 Å². The Hall–Kier alpha value is -2.05. The molecule has 0 saturated heterocycles. The third-order valence-corrected chi connectivity index (χ3v) is 3.01. The number of halogens is 3. The smallest absolute Gasteiger partial charge is 0.382 e. The predicted molar refractivity (Wildman–Crippen MR) is 74.5 cm³/mol. The fourth-order valence-corrected chi connectivity index (χ4v) is 1.93. The number of aromatic nitrogens is 3. The summed E-state index contributed by atoms with van der Waals surface area (Å²) in [5.41, 5.74) is 2.46. The van der Waals surface area contributed by atoms with E-state index in [1.807, 2.05) is 25.3 Å². The molecule has 0 atom stereocenters. The van der Waals surface area contributed by atoms with E-state index in [1.165, 1.54) is 0 Å². The summed E-state index contributed by atoms with van der Waals surface area (Å²) >= 11 is 0. The number of pyridine rings is 1. The van der Waals surface area contributed by atoms with E-state index in [4.69, 9.17) is 0 Å². The second-order valence-electron chi connectivity index (χ2n) is 4.78. The van der Waals surface area contributed by atoms with Gasteiger partial charge < -0.3 is 5.32 Å². The van der Waals surface area contributed by atoms with Crippen LogP contribution in [0.4, 0.5) is 18.9 Å². The van der Waals surface area contributed by atoms with E-state index in [9.17, 15) is 13.2 Å². The van der Waals surface area contributed by atoms with Gasteiger partial charge in [-0.3, -0.25) is 4.98 Å². The highest BCUT2D eigenvalue weighted by molar-refractivity contribution is 5.47. The van der Waals surface area contributed by atoms with Crippen molar-refractivity contribution in [2.75, 3.05) is 11.9 Å². The molecule has 2 aromatic heterocycles. The molecule has 1 N–H and O–H groups in total. The maximum absolute atomic E-state index is 12.0. The Kier molecular flexibility index (Phi) is 4.82. The van der Waals surface area contributed by atoms with Gasteiger partial charge in [0.25, 0.3) is 0 Å². The molecule has 7 heteroatoms. The second-order valence-corrected chi connectivity index (χ2v) is 4.78. The molecule has 0 spiro atoms. The first kappa shape index (κ1) is 15.3. The van der Waals surface area contributed by atoms with E-state index in [-0.39, 0.29) is 6.42 Å². The van der Waals surface area contributed by atoms with Gasteiger partial charge in [-0.2, -0.15) is 18.3 Å². The van der Waals surface area contributed by atoms with Crippen LogP contribution in [0.5, 0.6) is 0 Å². The van der Waals surface area contributed by atoms with Gasteiger partial charge in [-0.25, -0.2) is 4.68 Å². The molecule has 0 fully saturated rings. The van der Waals surface area contributed by atoms with E-state index >= 15 is 0 Å². The molecule has 0 radical (unpaired) electrons. The van der Waals surface area contributed by atoms with Crippen molar-refractivity contribution in [2.45, 2.75) is 32.4 Å². The number of anilines is 1. The summed E-state index contributed by atoms with van der Waals surface area (Å²) in [4.78, 5) is 4.02. The zero-order chi connectivity index (χ0) is 15.3. The fraction of sp³-hybridized carbons (Fsp3) is 0.429. The molecule has 0 aromatic carbocycles. The van der Waals surface area contributed by atoms with Gasteiger partial charge in [0.2, 0.25) is 0 Å². The highest BCUT2D eigenvalue weighted by Gasteiger charge is 2.25. The van der Waals surface area contributed by atoms with Gasteiger partial charge in [0.15, 0.2) is 0 Å². The largest absolute Gasteiger partial charge is 0.389 e. The van der Waals surface area contributed by atoms with E-state index in [1.54, 1.807) is 17.1 Å². The third-order valence-electron chi connectivity index (χ3n) is 3.01. The molecule has 0 bridgehead atoms. The Morgan fingerprint density at radius 3 is 2.76 bits per heavy atom. The first-order valence-corrected chi connectivity index (χ1v) is 6.73. The average Bonchev–Trinajstić information content (AvgIpc) is 2.80. The molecule has 2 heterocycles. The lowest BCUT2D eigenvalue weighted by Gasteiger charge is -2.07. The van der Waals surface area contributed by atoms with Crippen LogP contribution in [0.1, 0.15) is 25.0 Å². The predicted octanol–water partition coefficient (Wildman–Crippen LogP) is 3.72. The van der Waals surface area contributed by atoms with Crippen molar-refractivity contribution >= 4 is 5.69 Å². The maximum Gasteiger partial charge on any atom is 0.389 e. The first-order chi connectivity index (χ1) is 9.96. The van der Waals surface area contributed by atoms with Crippen molar-refractivity contribution in [3.8, 4) is 5.69 Å². The van der Waals surface area contributed by atoms with Gasteiger partial charge in [0, 0.05) is 19.2 Å². The Morgan fingerprint density at radius 2 is 2.10 bits per heavy atom. The molecule has 2 aromatic rings. The number of alkyl halides is 3. The number of nitrogens with zero attached hydrogens (tertiary/aromatic N) is 3. The number of hydrogen-bond acceptors (Lipinski definition) is 3. The zero-order valence-electron chi connectivity index (χ0n) is 11.7. The van der Waals surface area contributed by atoms with Crippen LogP contribution in [-0.4, -0.2) is 27.5 Å². The van der Waals surface area contributed by atoms with E-state index < -0.39 is 12.6 Å². The molecule has 21 heavy (non-hydrogen) atoms. The minimum Gasteiger partial charge on any atom is -0.382 e. The standard InChI is InChI=1S/C14H17F3N4/c1-11-13(19-8-3-2-6-14(15,16)17)10-21(20-11)12-5-4-7-18-9-12/h4-5,7,9-10,19H,2-3,6,8H2,1H3. The Labute approximate surface area is 121 Å². The summed E-state index contributed by atoms with van der Waals surface area (Å²) in [7, 11) is 0. The monoisotopic (exact) mass is 298 g/mol. The molecule has 0 unspecified atom stereocenters. The molecular weight excluding hydrogens is 281 g/mol. The minimum absolute atomic E-state index is 0.131. The van der Waals surface area contributed by atoms with Gasteiger partial charge in [0.1, 0.15) is 0 Å². The van der Waals surface area contributed by atoms with E-state index in [2.05, 4.69) is 15.4 Å².